The van der Waals surface area contributed by atoms with Gasteiger partial charge in [-0.05, 0) is 38.3 Å². The number of nitrogens with zero attached hydrogens (tertiary/aromatic N) is 2. The van der Waals surface area contributed by atoms with E-state index in [0.717, 1.165) is 13.0 Å². The van der Waals surface area contributed by atoms with Crippen LogP contribution in [0.3, 0.4) is 0 Å². The summed E-state index contributed by atoms with van der Waals surface area (Å²) in [4.78, 5) is 0. The average Bonchev–Trinajstić information content (AvgIpc) is 2.94. The van der Waals surface area contributed by atoms with Crippen molar-refractivity contribution in [1.82, 2.24) is 15.1 Å². The molecule has 1 aliphatic rings. The Kier molecular flexibility index (Phi) is 4.60. The molecular weight excluding hydrogens is 210 g/mol. The van der Waals surface area contributed by atoms with Crippen LogP contribution in [0.25, 0.3) is 0 Å². The van der Waals surface area contributed by atoms with Crippen LogP contribution >= 0.6 is 0 Å². The van der Waals surface area contributed by atoms with E-state index in [1.54, 1.807) is 0 Å². The van der Waals surface area contributed by atoms with E-state index in [1.165, 1.54) is 37.8 Å². The monoisotopic (exact) mass is 235 g/mol. The zero-order valence-electron chi connectivity index (χ0n) is 11.2. The van der Waals surface area contributed by atoms with Crippen LogP contribution in [-0.2, 0) is 6.42 Å². The highest BCUT2D eigenvalue weighted by Crippen LogP contribution is 2.28. The molecule has 1 fully saturated rings. The van der Waals surface area contributed by atoms with E-state index in [9.17, 15) is 0 Å². The first-order valence-electron chi connectivity index (χ1n) is 7.03. The van der Waals surface area contributed by atoms with Gasteiger partial charge in [-0.25, -0.2) is 0 Å². The molecule has 0 unspecified atom stereocenters. The Hall–Kier alpha value is -0.830. The van der Waals surface area contributed by atoms with Crippen molar-refractivity contribution in [2.75, 3.05) is 6.54 Å². The van der Waals surface area contributed by atoms with E-state index in [1.807, 2.05) is 0 Å². The molecule has 0 aliphatic heterocycles. The Morgan fingerprint density at radius 3 is 2.88 bits per heavy atom. The fourth-order valence-corrected chi connectivity index (χ4v) is 2.54. The molecule has 1 N–H and O–H groups in total. The molecule has 0 aromatic carbocycles. The lowest BCUT2D eigenvalue weighted by atomic mass is 10.2. The number of aromatic nitrogens is 2. The highest BCUT2D eigenvalue weighted by atomic mass is 15.3. The van der Waals surface area contributed by atoms with E-state index in [2.05, 4.69) is 36.1 Å². The van der Waals surface area contributed by atoms with Crippen molar-refractivity contribution in [2.45, 2.75) is 64.5 Å². The fraction of sp³-hybridized carbons (Fsp3) is 0.786. The molecule has 3 nitrogen and oxygen atoms in total. The SMILES string of the molecule is CC(C)NCCCc1ccn(C2CCCC2)n1. The maximum Gasteiger partial charge on any atom is 0.0625 e. The Bertz CT molecular complexity index is 324. The minimum absolute atomic E-state index is 0.589. The highest BCUT2D eigenvalue weighted by Gasteiger charge is 2.17. The van der Waals surface area contributed by atoms with Gasteiger partial charge in [0.2, 0.25) is 0 Å². The van der Waals surface area contributed by atoms with Gasteiger partial charge in [-0.15, -0.1) is 0 Å². The average molecular weight is 235 g/mol. The van der Waals surface area contributed by atoms with Crippen molar-refractivity contribution < 1.29 is 0 Å². The summed E-state index contributed by atoms with van der Waals surface area (Å²) >= 11 is 0. The smallest absolute Gasteiger partial charge is 0.0625 e. The second-order valence-corrected chi connectivity index (χ2v) is 5.44. The van der Waals surface area contributed by atoms with Crippen LogP contribution in [0.1, 0.15) is 57.7 Å². The summed E-state index contributed by atoms with van der Waals surface area (Å²) in [5.74, 6) is 0. The van der Waals surface area contributed by atoms with Crippen LogP contribution in [-0.4, -0.2) is 22.4 Å². The van der Waals surface area contributed by atoms with Gasteiger partial charge >= 0.3 is 0 Å². The summed E-state index contributed by atoms with van der Waals surface area (Å²) in [6.07, 6.45) is 9.82. The zero-order valence-corrected chi connectivity index (χ0v) is 11.2. The van der Waals surface area contributed by atoms with E-state index in [-0.39, 0.29) is 0 Å². The Labute approximate surface area is 105 Å². The Balaban J connectivity index is 1.74. The predicted molar refractivity (Wildman–Crippen MR) is 71.2 cm³/mol. The molecule has 1 aromatic heterocycles. The van der Waals surface area contributed by atoms with E-state index in [0.29, 0.717) is 12.1 Å². The summed E-state index contributed by atoms with van der Waals surface area (Å²) in [5, 5.41) is 8.14. The summed E-state index contributed by atoms with van der Waals surface area (Å²) in [5.41, 5.74) is 1.25. The minimum Gasteiger partial charge on any atom is -0.315 e. The number of nitrogens with one attached hydrogen (secondary N) is 1. The fourth-order valence-electron chi connectivity index (χ4n) is 2.54. The van der Waals surface area contributed by atoms with Crippen LogP contribution in [0.5, 0.6) is 0 Å². The lowest BCUT2D eigenvalue weighted by molar-refractivity contribution is 0.461. The molecule has 0 radical (unpaired) electrons. The van der Waals surface area contributed by atoms with Crippen LogP contribution in [0.15, 0.2) is 12.3 Å². The van der Waals surface area contributed by atoms with Gasteiger partial charge in [0.1, 0.15) is 0 Å². The molecule has 17 heavy (non-hydrogen) atoms. The molecule has 0 saturated heterocycles. The quantitative estimate of drug-likeness (QED) is 0.768. The molecule has 1 saturated carbocycles. The highest BCUT2D eigenvalue weighted by molar-refractivity contribution is 5.00. The van der Waals surface area contributed by atoms with Crippen LogP contribution in [0.2, 0.25) is 0 Å². The van der Waals surface area contributed by atoms with E-state index in [4.69, 9.17) is 5.10 Å². The van der Waals surface area contributed by atoms with Gasteiger partial charge in [0.15, 0.2) is 0 Å². The zero-order chi connectivity index (χ0) is 12.1. The van der Waals surface area contributed by atoms with Gasteiger partial charge in [-0.2, -0.15) is 5.10 Å². The first-order valence-corrected chi connectivity index (χ1v) is 7.03. The molecule has 1 heterocycles. The maximum absolute atomic E-state index is 4.70. The molecule has 1 aromatic rings. The summed E-state index contributed by atoms with van der Waals surface area (Å²) in [6.45, 7) is 5.47. The van der Waals surface area contributed by atoms with Crippen LogP contribution in [0.4, 0.5) is 0 Å². The van der Waals surface area contributed by atoms with Crippen molar-refractivity contribution in [2.24, 2.45) is 0 Å². The van der Waals surface area contributed by atoms with Crippen molar-refractivity contribution in [3.05, 3.63) is 18.0 Å². The second kappa shape index (κ2) is 6.20. The topological polar surface area (TPSA) is 29.9 Å². The third-order valence-corrected chi connectivity index (χ3v) is 3.52. The molecule has 0 atom stereocenters. The van der Waals surface area contributed by atoms with E-state index < -0.39 is 0 Å². The number of hydrogen-bond acceptors (Lipinski definition) is 2. The summed E-state index contributed by atoms with van der Waals surface area (Å²) in [7, 11) is 0. The minimum atomic E-state index is 0.589. The number of aryl methyl sites for hydroxylation is 1. The first-order chi connectivity index (χ1) is 8.25. The van der Waals surface area contributed by atoms with Crippen LogP contribution in [0, 0.1) is 0 Å². The summed E-state index contributed by atoms with van der Waals surface area (Å²) < 4.78 is 2.19. The van der Waals surface area contributed by atoms with Gasteiger partial charge in [-0.1, -0.05) is 26.7 Å². The van der Waals surface area contributed by atoms with Gasteiger partial charge in [-0.3, -0.25) is 4.68 Å². The molecule has 0 bridgehead atoms. The number of rotatable bonds is 6. The molecule has 3 heteroatoms. The number of hydrogen-bond donors (Lipinski definition) is 1. The Morgan fingerprint density at radius 2 is 2.18 bits per heavy atom. The van der Waals surface area contributed by atoms with Crippen molar-refractivity contribution in [3.63, 3.8) is 0 Å². The predicted octanol–water partition coefficient (Wildman–Crippen LogP) is 2.93. The first kappa shape index (κ1) is 12.6. The van der Waals surface area contributed by atoms with E-state index >= 15 is 0 Å². The Morgan fingerprint density at radius 1 is 1.41 bits per heavy atom. The molecule has 1 aliphatic carbocycles. The van der Waals surface area contributed by atoms with Gasteiger partial charge < -0.3 is 5.32 Å². The lowest BCUT2D eigenvalue weighted by Crippen LogP contribution is -2.23. The molecular formula is C14H25N3. The largest absolute Gasteiger partial charge is 0.315 e. The van der Waals surface area contributed by atoms with Gasteiger partial charge in [0.05, 0.1) is 11.7 Å². The lowest BCUT2D eigenvalue weighted by Gasteiger charge is -2.09. The normalized spacial score (nSPS) is 17.1. The second-order valence-electron chi connectivity index (χ2n) is 5.44. The maximum atomic E-state index is 4.70. The standard InChI is InChI=1S/C14H25N3/c1-12(2)15-10-5-6-13-9-11-17(16-13)14-7-3-4-8-14/h9,11-12,14-15H,3-8,10H2,1-2H3. The third-order valence-electron chi connectivity index (χ3n) is 3.52. The van der Waals surface area contributed by atoms with Crippen molar-refractivity contribution >= 4 is 0 Å². The van der Waals surface area contributed by atoms with Crippen LogP contribution < -0.4 is 5.32 Å². The van der Waals surface area contributed by atoms with Crippen molar-refractivity contribution in [1.29, 1.82) is 0 Å². The van der Waals surface area contributed by atoms with Gasteiger partial charge in [0, 0.05) is 12.2 Å². The summed E-state index contributed by atoms with van der Waals surface area (Å²) in [6, 6.07) is 3.46. The molecule has 96 valence electrons. The third kappa shape index (κ3) is 3.84. The molecule has 0 spiro atoms. The molecule has 2 rings (SSSR count). The van der Waals surface area contributed by atoms with Crippen molar-refractivity contribution in [3.8, 4) is 0 Å². The molecule has 0 amide bonds. The van der Waals surface area contributed by atoms with Gasteiger partial charge in [0.25, 0.3) is 0 Å².